The zero-order valence-electron chi connectivity index (χ0n) is 24.0. The Morgan fingerprint density at radius 2 is 1.73 bits per heavy atom. The standard InChI is InChI=1S/C31H39N3O7/c1-33(2)20-12-15(7-8-17-13-5-6-14(17)9-13)25(35)22-18(20)10-16-11-19-24(34(3)4)27(37)23(30(32)40)29(39)31(19,41)28(38)21(16)26(22)36/h12-14,16-17,19,24,35-36,39,41H,5-11H2,1-4H3,(H2,32,40)/t13?,14?,16-,17?,19-,24-,31-/m0/s1. The Bertz CT molecular complexity index is 1430. The van der Waals surface area contributed by atoms with E-state index in [1.54, 1.807) is 14.1 Å². The molecular formula is C31H39N3O7. The third-order valence-electron chi connectivity index (χ3n) is 10.7. The molecule has 1 aromatic carbocycles. The third kappa shape index (κ3) is 3.72. The fourth-order valence-electron chi connectivity index (χ4n) is 8.75. The molecule has 0 aromatic heterocycles. The van der Waals surface area contributed by atoms with Crippen LogP contribution < -0.4 is 10.6 Å². The summed E-state index contributed by atoms with van der Waals surface area (Å²) in [6.45, 7) is 0. The van der Waals surface area contributed by atoms with Gasteiger partial charge >= 0.3 is 0 Å². The van der Waals surface area contributed by atoms with Gasteiger partial charge in [0.2, 0.25) is 5.78 Å². The largest absolute Gasteiger partial charge is 0.508 e. The van der Waals surface area contributed by atoms with Crippen LogP contribution in [-0.2, 0) is 27.2 Å². The topological polar surface area (TPSA) is 165 Å². The van der Waals surface area contributed by atoms with E-state index in [2.05, 4.69) is 0 Å². The molecule has 10 nitrogen and oxygen atoms in total. The lowest BCUT2D eigenvalue weighted by Gasteiger charge is -2.50. The monoisotopic (exact) mass is 565 g/mol. The lowest BCUT2D eigenvalue weighted by molar-refractivity contribution is -0.153. The SMILES string of the molecule is CN(C)c1cc(CCC2C3CCC2C3)c(O)c2c1C[C@H]1C[C@H]3[C@H](N(C)C)C(=O)C(C(N)=O)=C(O)[C@@]3(O)C(=O)C1=C2O. The van der Waals surface area contributed by atoms with Crippen LogP contribution in [0.15, 0.2) is 23.0 Å². The van der Waals surface area contributed by atoms with Crippen molar-refractivity contribution >= 4 is 28.9 Å². The van der Waals surface area contributed by atoms with E-state index in [9.17, 15) is 34.8 Å². The maximum atomic E-state index is 14.1. The van der Waals surface area contributed by atoms with E-state index in [4.69, 9.17) is 5.73 Å². The number of likely N-dealkylation sites (N-methyl/N-ethyl adjacent to an activating group) is 1. The van der Waals surface area contributed by atoms with Crippen LogP contribution in [0.3, 0.4) is 0 Å². The molecule has 2 unspecified atom stereocenters. The van der Waals surface area contributed by atoms with Gasteiger partial charge in [0, 0.05) is 31.3 Å². The predicted octanol–water partition coefficient (Wildman–Crippen LogP) is 2.01. The average molecular weight is 566 g/mol. The summed E-state index contributed by atoms with van der Waals surface area (Å²) in [6.07, 6.45) is 5.78. The van der Waals surface area contributed by atoms with Crippen LogP contribution in [-0.4, -0.2) is 82.6 Å². The van der Waals surface area contributed by atoms with Gasteiger partial charge in [-0.1, -0.05) is 0 Å². The fourth-order valence-corrected chi connectivity index (χ4v) is 8.75. The molecule has 1 amide bonds. The van der Waals surface area contributed by atoms with E-state index in [0.29, 0.717) is 23.5 Å². The number of carbonyl (C=O) groups is 3. The van der Waals surface area contributed by atoms with Crippen LogP contribution in [0.4, 0.5) is 5.69 Å². The van der Waals surface area contributed by atoms with Crippen molar-refractivity contribution in [3.8, 4) is 5.75 Å². The first-order valence-electron chi connectivity index (χ1n) is 14.5. The number of amides is 1. The van der Waals surface area contributed by atoms with E-state index in [1.807, 2.05) is 25.1 Å². The Morgan fingerprint density at radius 1 is 1.07 bits per heavy atom. The van der Waals surface area contributed by atoms with Crippen LogP contribution >= 0.6 is 0 Å². The summed E-state index contributed by atoms with van der Waals surface area (Å²) in [7, 11) is 6.96. The Hall–Kier alpha value is -3.37. The van der Waals surface area contributed by atoms with Gasteiger partial charge in [-0.2, -0.15) is 0 Å². The molecule has 6 atom stereocenters. The summed E-state index contributed by atoms with van der Waals surface area (Å²) in [6, 6.07) is 0.868. The maximum Gasteiger partial charge on any atom is 0.255 e. The van der Waals surface area contributed by atoms with Crippen molar-refractivity contribution in [3.63, 3.8) is 0 Å². The molecule has 4 saturated carbocycles. The van der Waals surface area contributed by atoms with Gasteiger partial charge in [0.25, 0.3) is 5.91 Å². The highest BCUT2D eigenvalue weighted by Gasteiger charge is 2.64. The van der Waals surface area contributed by atoms with Gasteiger partial charge < -0.3 is 31.1 Å². The van der Waals surface area contributed by atoms with Crippen molar-refractivity contribution in [2.24, 2.45) is 35.3 Å². The molecule has 0 heterocycles. The molecule has 7 rings (SSSR count). The molecule has 10 heteroatoms. The van der Waals surface area contributed by atoms with Gasteiger partial charge in [0.15, 0.2) is 11.4 Å². The molecule has 6 aliphatic rings. The molecule has 6 aliphatic carbocycles. The molecule has 0 spiro atoms. The Kier molecular flexibility index (Phi) is 6.32. The second kappa shape index (κ2) is 9.32. The van der Waals surface area contributed by atoms with Gasteiger partial charge in [-0.05, 0) is 99.9 Å². The lowest BCUT2D eigenvalue weighted by atomic mass is 9.57. The smallest absolute Gasteiger partial charge is 0.255 e. The number of phenols is 1. The highest BCUT2D eigenvalue weighted by atomic mass is 16.3. The summed E-state index contributed by atoms with van der Waals surface area (Å²) in [5, 5.41) is 46.0. The number of aromatic hydroxyl groups is 1. The van der Waals surface area contributed by atoms with Gasteiger partial charge in [0.05, 0.1) is 11.6 Å². The van der Waals surface area contributed by atoms with E-state index in [-0.39, 0.29) is 29.7 Å². The van der Waals surface area contributed by atoms with Crippen molar-refractivity contribution in [1.82, 2.24) is 4.90 Å². The van der Waals surface area contributed by atoms with Crippen molar-refractivity contribution in [2.45, 2.75) is 56.6 Å². The van der Waals surface area contributed by atoms with Crippen molar-refractivity contribution < 1.29 is 34.8 Å². The number of hydrogen-bond acceptors (Lipinski definition) is 9. The summed E-state index contributed by atoms with van der Waals surface area (Å²) in [5.41, 5.74) is 4.22. The average Bonchev–Trinajstić information content (AvgIpc) is 3.52. The number of nitrogens with two attached hydrogens (primary N) is 1. The molecule has 0 saturated heterocycles. The number of benzene rings is 1. The maximum absolute atomic E-state index is 14.1. The molecule has 6 N–H and O–H groups in total. The number of phenolic OH excluding ortho intramolecular Hbond substituents is 1. The number of carbonyl (C=O) groups excluding carboxylic acids is 3. The first-order valence-corrected chi connectivity index (χ1v) is 14.5. The minimum absolute atomic E-state index is 0.0750. The fraction of sp³-hybridized carbons (Fsp3) is 0.581. The number of hydrogen-bond donors (Lipinski definition) is 5. The zero-order valence-corrected chi connectivity index (χ0v) is 24.0. The van der Waals surface area contributed by atoms with Crippen LogP contribution in [0, 0.1) is 29.6 Å². The van der Waals surface area contributed by atoms with Crippen LogP contribution in [0.1, 0.15) is 48.8 Å². The summed E-state index contributed by atoms with van der Waals surface area (Å²) in [4.78, 5) is 43.0. The number of ketones is 2. The Morgan fingerprint density at radius 3 is 2.29 bits per heavy atom. The molecule has 41 heavy (non-hydrogen) atoms. The van der Waals surface area contributed by atoms with Crippen LogP contribution in [0.2, 0.25) is 0 Å². The number of primary amides is 1. The summed E-state index contributed by atoms with van der Waals surface area (Å²) in [5.74, 6) is -4.08. The number of aliphatic hydroxyl groups is 3. The highest BCUT2D eigenvalue weighted by Crippen LogP contribution is 2.57. The number of fused-ring (bicyclic) bond motifs is 4. The van der Waals surface area contributed by atoms with E-state index in [1.165, 1.54) is 24.2 Å². The number of anilines is 1. The molecule has 2 bridgehead atoms. The second-order valence-corrected chi connectivity index (χ2v) is 13.1. The summed E-state index contributed by atoms with van der Waals surface area (Å²) < 4.78 is 0. The first kappa shape index (κ1) is 27.8. The second-order valence-electron chi connectivity index (χ2n) is 13.1. The summed E-state index contributed by atoms with van der Waals surface area (Å²) >= 11 is 0. The van der Waals surface area contributed by atoms with Crippen molar-refractivity contribution in [2.75, 3.05) is 33.1 Å². The minimum atomic E-state index is -2.63. The van der Waals surface area contributed by atoms with Gasteiger partial charge in [0.1, 0.15) is 22.8 Å². The van der Waals surface area contributed by atoms with Gasteiger partial charge in [-0.25, -0.2) is 0 Å². The molecule has 0 aliphatic heterocycles. The molecule has 1 aromatic rings. The normalized spacial score (nSPS) is 33.9. The number of nitrogens with zero attached hydrogens (tertiary/aromatic N) is 2. The minimum Gasteiger partial charge on any atom is -0.508 e. The zero-order chi connectivity index (χ0) is 29.7. The molecule has 0 radical (unpaired) electrons. The van der Waals surface area contributed by atoms with Gasteiger partial charge in [-0.15, -0.1) is 0 Å². The van der Waals surface area contributed by atoms with E-state index < -0.39 is 58.0 Å². The van der Waals surface area contributed by atoms with E-state index in [0.717, 1.165) is 23.9 Å². The number of Topliss-reactive ketones (excluding diaryl/α,β-unsaturated/α-hetero) is 2. The quantitative estimate of drug-likeness (QED) is 0.325. The number of aliphatic hydroxyl groups excluding tert-OH is 2. The van der Waals surface area contributed by atoms with Crippen LogP contribution in [0.5, 0.6) is 5.75 Å². The Labute approximate surface area is 239 Å². The van der Waals surface area contributed by atoms with Crippen LogP contribution in [0.25, 0.3) is 5.76 Å². The molecule has 220 valence electrons. The predicted molar refractivity (Wildman–Crippen MR) is 151 cm³/mol. The first-order chi connectivity index (χ1) is 19.3. The lowest BCUT2D eigenvalue weighted by Crippen LogP contribution is -2.65. The molecular weight excluding hydrogens is 526 g/mol. The third-order valence-corrected chi connectivity index (χ3v) is 10.7. The molecule has 4 fully saturated rings. The van der Waals surface area contributed by atoms with Gasteiger partial charge in [-0.3, -0.25) is 19.3 Å². The highest BCUT2D eigenvalue weighted by molar-refractivity contribution is 6.24. The van der Waals surface area contributed by atoms with Crippen molar-refractivity contribution in [3.05, 3.63) is 39.7 Å². The van der Waals surface area contributed by atoms with Crippen molar-refractivity contribution in [1.29, 1.82) is 0 Å². The number of rotatable bonds is 6. The van der Waals surface area contributed by atoms with E-state index >= 15 is 0 Å². The Balaban J connectivity index is 1.47. The number of aryl methyl sites for hydroxylation is 1.